The second-order valence-electron chi connectivity index (χ2n) is 3.20. The SMILES string of the molecule is Cc1cc2c(c(C(=O)O)c1)OCC2. The predicted molar refractivity (Wildman–Crippen MR) is 47.3 cm³/mol. The molecule has 1 aliphatic rings. The van der Waals surface area contributed by atoms with Gasteiger partial charge in [0.1, 0.15) is 11.3 Å². The molecular weight excluding hydrogens is 168 g/mol. The molecule has 0 saturated heterocycles. The van der Waals surface area contributed by atoms with Crippen LogP contribution < -0.4 is 4.74 Å². The highest BCUT2D eigenvalue weighted by Crippen LogP contribution is 2.30. The largest absolute Gasteiger partial charge is 0.492 e. The van der Waals surface area contributed by atoms with Gasteiger partial charge in [-0.2, -0.15) is 0 Å². The predicted octanol–water partition coefficient (Wildman–Crippen LogP) is 1.63. The Kier molecular flexibility index (Phi) is 1.72. The molecule has 0 radical (unpaired) electrons. The van der Waals surface area contributed by atoms with Gasteiger partial charge in [-0.05, 0) is 24.1 Å². The molecule has 0 saturated carbocycles. The molecule has 0 bridgehead atoms. The van der Waals surface area contributed by atoms with Gasteiger partial charge in [0, 0.05) is 6.42 Å². The normalized spacial score (nSPS) is 13.6. The maximum absolute atomic E-state index is 10.8. The standard InChI is InChI=1S/C10H10O3/c1-6-4-7-2-3-13-9(7)8(5-6)10(11)12/h4-5H,2-3H2,1H3,(H,11,12). The molecular formula is C10H10O3. The first-order valence-electron chi connectivity index (χ1n) is 4.18. The topological polar surface area (TPSA) is 46.5 Å². The Morgan fingerprint density at radius 2 is 2.31 bits per heavy atom. The number of carboxylic acids is 1. The molecule has 1 aliphatic heterocycles. The van der Waals surface area contributed by atoms with Crippen LogP contribution in [0.2, 0.25) is 0 Å². The number of benzene rings is 1. The van der Waals surface area contributed by atoms with Crippen molar-refractivity contribution >= 4 is 5.97 Å². The summed E-state index contributed by atoms with van der Waals surface area (Å²) in [5.41, 5.74) is 2.27. The summed E-state index contributed by atoms with van der Waals surface area (Å²) in [7, 11) is 0. The first-order valence-corrected chi connectivity index (χ1v) is 4.18. The van der Waals surface area contributed by atoms with E-state index in [4.69, 9.17) is 9.84 Å². The third-order valence-corrected chi connectivity index (χ3v) is 2.16. The van der Waals surface area contributed by atoms with Gasteiger partial charge in [-0.3, -0.25) is 0 Å². The highest BCUT2D eigenvalue weighted by atomic mass is 16.5. The second-order valence-corrected chi connectivity index (χ2v) is 3.20. The van der Waals surface area contributed by atoms with Crippen LogP contribution in [0.15, 0.2) is 12.1 Å². The van der Waals surface area contributed by atoms with Gasteiger partial charge in [-0.1, -0.05) is 6.07 Å². The maximum atomic E-state index is 10.8. The smallest absolute Gasteiger partial charge is 0.339 e. The van der Waals surface area contributed by atoms with Crippen molar-refractivity contribution < 1.29 is 14.6 Å². The van der Waals surface area contributed by atoms with Crippen LogP contribution in [0.25, 0.3) is 0 Å². The Bertz CT molecular complexity index is 369. The Balaban J connectivity index is 2.62. The number of aromatic carboxylic acids is 1. The van der Waals surface area contributed by atoms with Gasteiger partial charge >= 0.3 is 5.97 Å². The number of carboxylic acid groups (broad SMARTS) is 1. The summed E-state index contributed by atoms with van der Waals surface area (Å²) in [5, 5.41) is 8.89. The van der Waals surface area contributed by atoms with Crippen LogP contribution in [0, 0.1) is 6.92 Å². The Labute approximate surface area is 76.0 Å². The number of hydrogen-bond acceptors (Lipinski definition) is 2. The zero-order valence-corrected chi connectivity index (χ0v) is 7.33. The van der Waals surface area contributed by atoms with Crippen molar-refractivity contribution in [2.75, 3.05) is 6.61 Å². The minimum atomic E-state index is -0.915. The number of carbonyl (C=O) groups is 1. The minimum Gasteiger partial charge on any atom is -0.492 e. The summed E-state index contributed by atoms with van der Waals surface area (Å²) < 4.78 is 5.27. The lowest BCUT2D eigenvalue weighted by Gasteiger charge is -2.04. The van der Waals surface area contributed by atoms with E-state index in [0.29, 0.717) is 12.4 Å². The zero-order chi connectivity index (χ0) is 9.42. The van der Waals surface area contributed by atoms with Crippen LogP contribution in [0.3, 0.4) is 0 Å². The van der Waals surface area contributed by atoms with E-state index in [1.165, 1.54) is 0 Å². The summed E-state index contributed by atoms with van der Waals surface area (Å²) in [6, 6.07) is 3.63. The zero-order valence-electron chi connectivity index (χ0n) is 7.33. The van der Waals surface area contributed by atoms with Crippen LogP contribution in [-0.2, 0) is 6.42 Å². The number of rotatable bonds is 1. The molecule has 0 fully saturated rings. The Morgan fingerprint density at radius 1 is 1.54 bits per heavy atom. The number of hydrogen-bond donors (Lipinski definition) is 1. The van der Waals surface area contributed by atoms with Crippen molar-refractivity contribution in [2.45, 2.75) is 13.3 Å². The van der Waals surface area contributed by atoms with Crippen LogP contribution in [0.5, 0.6) is 5.75 Å². The minimum absolute atomic E-state index is 0.285. The monoisotopic (exact) mass is 178 g/mol. The third kappa shape index (κ3) is 1.26. The summed E-state index contributed by atoms with van der Waals surface area (Å²) in [5.74, 6) is -0.361. The van der Waals surface area contributed by atoms with E-state index in [0.717, 1.165) is 17.5 Å². The maximum Gasteiger partial charge on any atom is 0.339 e. The fraction of sp³-hybridized carbons (Fsp3) is 0.300. The van der Waals surface area contributed by atoms with Crippen LogP contribution in [0.4, 0.5) is 0 Å². The second kappa shape index (κ2) is 2.76. The lowest BCUT2D eigenvalue weighted by molar-refractivity contribution is 0.0693. The number of fused-ring (bicyclic) bond motifs is 1. The highest BCUT2D eigenvalue weighted by molar-refractivity contribution is 5.92. The Morgan fingerprint density at radius 3 is 3.00 bits per heavy atom. The number of ether oxygens (including phenoxy) is 1. The Hall–Kier alpha value is -1.51. The average molecular weight is 178 g/mol. The van der Waals surface area contributed by atoms with Gasteiger partial charge in [-0.25, -0.2) is 4.79 Å². The van der Waals surface area contributed by atoms with Crippen molar-refractivity contribution in [2.24, 2.45) is 0 Å². The fourth-order valence-corrected chi connectivity index (χ4v) is 1.63. The van der Waals surface area contributed by atoms with E-state index in [9.17, 15) is 4.79 Å². The molecule has 0 aromatic heterocycles. The van der Waals surface area contributed by atoms with E-state index in [1.807, 2.05) is 13.0 Å². The van der Waals surface area contributed by atoms with Crippen LogP contribution >= 0.6 is 0 Å². The fourth-order valence-electron chi connectivity index (χ4n) is 1.63. The summed E-state index contributed by atoms with van der Waals surface area (Å²) >= 11 is 0. The van der Waals surface area contributed by atoms with E-state index in [-0.39, 0.29) is 5.56 Å². The van der Waals surface area contributed by atoms with Gasteiger partial charge in [0.25, 0.3) is 0 Å². The molecule has 1 N–H and O–H groups in total. The lowest BCUT2D eigenvalue weighted by Crippen LogP contribution is -2.00. The first-order chi connectivity index (χ1) is 6.18. The van der Waals surface area contributed by atoms with Crippen molar-refractivity contribution in [3.63, 3.8) is 0 Å². The molecule has 1 aromatic carbocycles. The van der Waals surface area contributed by atoms with E-state index in [2.05, 4.69) is 0 Å². The van der Waals surface area contributed by atoms with Gasteiger partial charge in [0.2, 0.25) is 0 Å². The summed E-state index contributed by atoms with van der Waals surface area (Å²) in [4.78, 5) is 10.8. The molecule has 1 aromatic rings. The van der Waals surface area contributed by atoms with Gasteiger partial charge in [0.15, 0.2) is 0 Å². The van der Waals surface area contributed by atoms with Crippen LogP contribution in [-0.4, -0.2) is 17.7 Å². The summed E-state index contributed by atoms with van der Waals surface area (Å²) in [6.07, 6.45) is 0.817. The molecule has 0 unspecified atom stereocenters. The molecule has 3 heteroatoms. The van der Waals surface area contributed by atoms with E-state index < -0.39 is 5.97 Å². The van der Waals surface area contributed by atoms with Gasteiger partial charge < -0.3 is 9.84 Å². The highest BCUT2D eigenvalue weighted by Gasteiger charge is 2.20. The van der Waals surface area contributed by atoms with Crippen molar-refractivity contribution in [1.29, 1.82) is 0 Å². The van der Waals surface area contributed by atoms with Gasteiger partial charge in [0.05, 0.1) is 6.61 Å². The van der Waals surface area contributed by atoms with E-state index >= 15 is 0 Å². The first kappa shape index (κ1) is 8.10. The van der Waals surface area contributed by atoms with Crippen molar-refractivity contribution in [1.82, 2.24) is 0 Å². The van der Waals surface area contributed by atoms with Crippen molar-refractivity contribution in [3.05, 3.63) is 28.8 Å². The summed E-state index contributed by atoms with van der Waals surface area (Å²) in [6.45, 7) is 2.49. The van der Waals surface area contributed by atoms with Gasteiger partial charge in [-0.15, -0.1) is 0 Å². The molecule has 0 aliphatic carbocycles. The molecule has 2 rings (SSSR count). The molecule has 68 valence electrons. The molecule has 1 heterocycles. The van der Waals surface area contributed by atoms with Crippen molar-refractivity contribution in [3.8, 4) is 5.75 Å². The van der Waals surface area contributed by atoms with Crippen LogP contribution in [0.1, 0.15) is 21.5 Å². The third-order valence-electron chi connectivity index (χ3n) is 2.16. The lowest BCUT2D eigenvalue weighted by atomic mass is 10.0. The molecule has 0 amide bonds. The molecule has 0 spiro atoms. The molecule has 0 atom stereocenters. The molecule has 3 nitrogen and oxygen atoms in total. The van der Waals surface area contributed by atoms with E-state index in [1.54, 1.807) is 6.07 Å². The quantitative estimate of drug-likeness (QED) is 0.710. The average Bonchev–Trinajstić information content (AvgIpc) is 2.49. The molecule has 13 heavy (non-hydrogen) atoms. The number of aryl methyl sites for hydroxylation is 1.